The van der Waals surface area contributed by atoms with Gasteiger partial charge in [0.25, 0.3) is 0 Å². The number of nitrogens with one attached hydrogen (secondary N) is 1. The zero-order valence-electron chi connectivity index (χ0n) is 44.7. The molecule has 2 atom stereocenters. The van der Waals surface area contributed by atoms with Crippen molar-refractivity contribution < 1.29 is 15.0 Å². The maximum absolute atomic E-state index is 12.5. The molecule has 0 aliphatic carbocycles. The van der Waals surface area contributed by atoms with Crippen molar-refractivity contribution in [3.8, 4) is 0 Å². The predicted molar refractivity (Wildman–Crippen MR) is 295 cm³/mol. The number of aliphatic hydroxyl groups is 2. The van der Waals surface area contributed by atoms with E-state index in [-0.39, 0.29) is 12.5 Å². The molecule has 0 bridgehead atoms. The number of rotatable bonds is 55. The lowest BCUT2D eigenvalue weighted by molar-refractivity contribution is -0.123. The summed E-state index contributed by atoms with van der Waals surface area (Å²) >= 11 is 0. The molecule has 3 N–H and O–H groups in total. The van der Waals surface area contributed by atoms with E-state index < -0.39 is 12.1 Å². The van der Waals surface area contributed by atoms with E-state index in [2.05, 4.69) is 55.6 Å². The van der Waals surface area contributed by atoms with E-state index in [9.17, 15) is 15.0 Å². The second-order valence-corrected chi connectivity index (χ2v) is 20.4. The summed E-state index contributed by atoms with van der Waals surface area (Å²) in [5.74, 6) is -0.0683. The summed E-state index contributed by atoms with van der Waals surface area (Å²) in [5.41, 5.74) is 0. The Bertz CT molecular complexity index is 1050. The van der Waals surface area contributed by atoms with Gasteiger partial charge in [-0.2, -0.15) is 0 Å². The van der Waals surface area contributed by atoms with Gasteiger partial charge in [-0.1, -0.05) is 306 Å². The van der Waals surface area contributed by atoms with E-state index in [0.29, 0.717) is 6.42 Å². The number of hydrogen-bond acceptors (Lipinski definition) is 3. The first-order valence-corrected chi connectivity index (χ1v) is 29.9. The van der Waals surface area contributed by atoms with Gasteiger partial charge in [0.1, 0.15) is 0 Å². The van der Waals surface area contributed by atoms with Crippen LogP contribution in [0, 0.1) is 0 Å². The van der Waals surface area contributed by atoms with Crippen molar-refractivity contribution in [2.24, 2.45) is 0 Å². The molecular weight excluding hydrogens is 807 g/mol. The van der Waals surface area contributed by atoms with Crippen LogP contribution < -0.4 is 5.32 Å². The van der Waals surface area contributed by atoms with E-state index in [1.54, 1.807) is 6.08 Å². The molecule has 0 aromatic heterocycles. The molecule has 0 aromatic rings. The Morgan fingerprint density at radius 1 is 0.364 bits per heavy atom. The number of carbonyl (C=O) groups is 1. The number of unbranched alkanes of at least 4 members (excludes halogenated alkanes) is 42. The van der Waals surface area contributed by atoms with Crippen LogP contribution in [-0.4, -0.2) is 34.9 Å². The molecule has 0 saturated heterocycles. The molecule has 388 valence electrons. The van der Waals surface area contributed by atoms with Crippen LogP contribution in [0.15, 0.2) is 48.6 Å². The Morgan fingerprint density at radius 3 is 0.924 bits per heavy atom. The second kappa shape index (κ2) is 57.7. The predicted octanol–water partition coefficient (Wildman–Crippen LogP) is 19.8. The Labute approximate surface area is 414 Å². The van der Waals surface area contributed by atoms with Gasteiger partial charge in [-0.15, -0.1) is 0 Å². The normalized spacial score (nSPS) is 13.1. The van der Waals surface area contributed by atoms with Gasteiger partial charge < -0.3 is 15.5 Å². The number of amides is 1. The van der Waals surface area contributed by atoms with Crippen LogP contribution in [0.5, 0.6) is 0 Å². The first kappa shape index (κ1) is 64.3. The van der Waals surface area contributed by atoms with Crippen LogP contribution >= 0.6 is 0 Å². The molecule has 0 rings (SSSR count). The maximum Gasteiger partial charge on any atom is 0.220 e. The molecule has 0 fully saturated rings. The third-order valence-corrected chi connectivity index (χ3v) is 13.8. The van der Waals surface area contributed by atoms with E-state index in [1.807, 2.05) is 6.08 Å². The highest BCUT2D eigenvalue weighted by Gasteiger charge is 2.18. The lowest BCUT2D eigenvalue weighted by Gasteiger charge is -2.20. The minimum absolute atomic E-state index is 0.0683. The standard InChI is InChI=1S/C62H117NO3/c1-3-5-7-9-11-13-15-17-19-21-23-25-27-28-29-30-31-32-33-34-36-37-39-41-43-45-47-49-51-53-55-57-61(65)60(59-64)63-62(66)58-56-54-52-50-48-46-44-42-40-38-35-26-24-22-20-18-16-14-12-10-8-6-4-2/h16,18,22,24,35,38,55,57,60-61,64-65H,3-15,17,19-21,23,25-34,36-37,39-54,56,58-59H2,1-2H3,(H,63,66)/b18-16-,24-22-,38-35-,57-55+. The largest absolute Gasteiger partial charge is 0.394 e. The Morgan fingerprint density at radius 2 is 0.621 bits per heavy atom. The minimum Gasteiger partial charge on any atom is -0.394 e. The lowest BCUT2D eigenvalue weighted by atomic mass is 10.0. The summed E-state index contributed by atoms with van der Waals surface area (Å²) in [7, 11) is 0. The zero-order valence-corrected chi connectivity index (χ0v) is 44.7. The quantitative estimate of drug-likeness (QED) is 0.0420. The Hall–Kier alpha value is -1.65. The van der Waals surface area contributed by atoms with Crippen molar-refractivity contribution in [1.82, 2.24) is 5.32 Å². The SMILES string of the molecule is CCCCCCC/C=C\C/C=C\C/C=C\CCCCCCCCCCC(=O)NC(CO)C(O)/C=C/CCCCCCCCCCCCCCCCCCCCCCCCCCCCCCC. The van der Waals surface area contributed by atoms with Crippen molar-refractivity contribution >= 4 is 5.91 Å². The van der Waals surface area contributed by atoms with Crippen molar-refractivity contribution in [3.05, 3.63) is 48.6 Å². The lowest BCUT2D eigenvalue weighted by Crippen LogP contribution is -2.45. The summed E-state index contributed by atoms with van der Waals surface area (Å²) < 4.78 is 0. The molecule has 4 nitrogen and oxygen atoms in total. The molecule has 0 aromatic carbocycles. The van der Waals surface area contributed by atoms with Gasteiger partial charge in [-0.25, -0.2) is 0 Å². The van der Waals surface area contributed by atoms with Crippen molar-refractivity contribution in [1.29, 1.82) is 0 Å². The highest BCUT2D eigenvalue weighted by atomic mass is 16.3. The summed E-state index contributed by atoms with van der Waals surface area (Å²) in [6.07, 6.45) is 80.0. The van der Waals surface area contributed by atoms with Gasteiger partial charge in [-0.3, -0.25) is 4.79 Å². The molecule has 2 unspecified atom stereocenters. The summed E-state index contributed by atoms with van der Waals surface area (Å²) in [6.45, 7) is 4.32. The first-order valence-electron chi connectivity index (χ1n) is 29.9. The third kappa shape index (κ3) is 53.3. The van der Waals surface area contributed by atoms with Gasteiger partial charge >= 0.3 is 0 Å². The molecule has 0 radical (unpaired) electrons. The number of allylic oxidation sites excluding steroid dienone is 7. The minimum atomic E-state index is -0.845. The third-order valence-electron chi connectivity index (χ3n) is 13.8. The van der Waals surface area contributed by atoms with E-state index >= 15 is 0 Å². The van der Waals surface area contributed by atoms with Crippen LogP contribution in [0.2, 0.25) is 0 Å². The number of hydrogen-bond donors (Lipinski definition) is 3. The van der Waals surface area contributed by atoms with Crippen LogP contribution in [0.4, 0.5) is 0 Å². The van der Waals surface area contributed by atoms with Crippen molar-refractivity contribution in [2.45, 2.75) is 334 Å². The molecule has 66 heavy (non-hydrogen) atoms. The maximum atomic E-state index is 12.5. The van der Waals surface area contributed by atoms with Crippen LogP contribution in [0.25, 0.3) is 0 Å². The van der Waals surface area contributed by atoms with Crippen LogP contribution in [0.1, 0.15) is 322 Å². The van der Waals surface area contributed by atoms with Gasteiger partial charge in [0.05, 0.1) is 18.8 Å². The van der Waals surface area contributed by atoms with Gasteiger partial charge in [-0.05, 0) is 57.8 Å². The van der Waals surface area contributed by atoms with E-state index in [1.165, 1.54) is 263 Å². The smallest absolute Gasteiger partial charge is 0.220 e. The fraction of sp³-hybridized carbons (Fsp3) is 0.855. The Balaban J connectivity index is 3.48. The first-order chi connectivity index (χ1) is 32.7. The fourth-order valence-electron chi connectivity index (χ4n) is 9.25. The fourth-order valence-corrected chi connectivity index (χ4v) is 9.25. The molecule has 0 aliphatic rings. The molecule has 1 amide bonds. The van der Waals surface area contributed by atoms with Crippen molar-refractivity contribution in [2.75, 3.05) is 6.61 Å². The highest BCUT2D eigenvalue weighted by Crippen LogP contribution is 2.17. The van der Waals surface area contributed by atoms with Crippen molar-refractivity contribution in [3.63, 3.8) is 0 Å². The van der Waals surface area contributed by atoms with E-state index in [0.717, 1.165) is 38.5 Å². The summed E-state index contributed by atoms with van der Waals surface area (Å²) in [4.78, 5) is 12.5. The molecular formula is C62H117NO3. The monoisotopic (exact) mass is 924 g/mol. The molecule has 0 saturated carbocycles. The second-order valence-electron chi connectivity index (χ2n) is 20.4. The van der Waals surface area contributed by atoms with Crippen LogP contribution in [0.3, 0.4) is 0 Å². The molecule has 0 spiro atoms. The molecule has 0 heterocycles. The molecule has 0 aliphatic heterocycles. The summed E-state index contributed by atoms with van der Waals surface area (Å²) in [5, 5.41) is 23.2. The topological polar surface area (TPSA) is 69.6 Å². The van der Waals surface area contributed by atoms with Crippen LogP contribution in [-0.2, 0) is 4.79 Å². The number of carbonyl (C=O) groups excluding carboxylic acids is 1. The number of aliphatic hydroxyl groups excluding tert-OH is 2. The van der Waals surface area contributed by atoms with Gasteiger partial charge in [0.15, 0.2) is 0 Å². The highest BCUT2D eigenvalue weighted by molar-refractivity contribution is 5.76. The molecule has 4 heteroatoms. The Kier molecular flexibility index (Phi) is 56.2. The average Bonchev–Trinajstić information content (AvgIpc) is 3.32. The van der Waals surface area contributed by atoms with E-state index in [4.69, 9.17) is 0 Å². The zero-order chi connectivity index (χ0) is 47.7. The average molecular weight is 925 g/mol. The van der Waals surface area contributed by atoms with Gasteiger partial charge in [0, 0.05) is 6.42 Å². The van der Waals surface area contributed by atoms with Gasteiger partial charge in [0.2, 0.25) is 5.91 Å². The summed E-state index contributed by atoms with van der Waals surface area (Å²) in [6, 6.07) is -0.629.